The van der Waals surface area contributed by atoms with Crippen LogP contribution in [-0.4, -0.2) is 15.6 Å². The first kappa shape index (κ1) is 9.46. The van der Waals surface area contributed by atoms with E-state index < -0.39 is 5.97 Å². The van der Waals surface area contributed by atoms with Gasteiger partial charge in [-0.1, -0.05) is 12.1 Å². The van der Waals surface area contributed by atoms with Gasteiger partial charge in [-0.25, -0.2) is 4.79 Å². The molecule has 0 radical (unpaired) electrons. The summed E-state index contributed by atoms with van der Waals surface area (Å²) >= 11 is 0. The summed E-state index contributed by atoms with van der Waals surface area (Å²) in [5.74, 6) is -0.842. The number of fused-ring (bicyclic) bond motifs is 1. The van der Waals surface area contributed by atoms with Crippen LogP contribution in [-0.2, 0) is 0 Å². The van der Waals surface area contributed by atoms with E-state index in [1.807, 2.05) is 19.1 Å². The lowest BCUT2D eigenvalue weighted by atomic mass is 10.1. The van der Waals surface area contributed by atoms with Gasteiger partial charge in [0.1, 0.15) is 0 Å². The smallest absolute Gasteiger partial charge is 0.337 e. The summed E-state index contributed by atoms with van der Waals surface area (Å²) < 4.78 is 2.18. The van der Waals surface area contributed by atoms with Crippen molar-refractivity contribution in [1.82, 2.24) is 4.57 Å². The number of benzene rings is 1. The molecule has 1 saturated carbocycles. The summed E-state index contributed by atoms with van der Waals surface area (Å²) in [7, 11) is 0. The number of aromatic nitrogens is 1. The predicted molar refractivity (Wildman–Crippen MR) is 61.9 cm³/mol. The van der Waals surface area contributed by atoms with Crippen LogP contribution in [0.15, 0.2) is 24.3 Å². The summed E-state index contributed by atoms with van der Waals surface area (Å²) in [6.45, 7) is 2.05. The number of carboxylic acids is 1. The van der Waals surface area contributed by atoms with Crippen molar-refractivity contribution in [2.24, 2.45) is 0 Å². The minimum absolute atomic E-state index is 0.414. The molecule has 1 aliphatic carbocycles. The van der Waals surface area contributed by atoms with Crippen molar-refractivity contribution in [3.8, 4) is 0 Å². The van der Waals surface area contributed by atoms with Crippen LogP contribution in [0, 0.1) is 6.92 Å². The third kappa shape index (κ3) is 1.24. The van der Waals surface area contributed by atoms with Crippen molar-refractivity contribution in [1.29, 1.82) is 0 Å². The van der Waals surface area contributed by atoms with E-state index >= 15 is 0 Å². The largest absolute Gasteiger partial charge is 0.478 e. The molecule has 0 amide bonds. The maximum Gasteiger partial charge on any atom is 0.337 e. The van der Waals surface area contributed by atoms with Crippen LogP contribution in [0.1, 0.15) is 34.9 Å². The zero-order chi connectivity index (χ0) is 11.3. The van der Waals surface area contributed by atoms with Gasteiger partial charge >= 0.3 is 5.97 Å². The molecule has 16 heavy (non-hydrogen) atoms. The zero-order valence-corrected chi connectivity index (χ0v) is 9.10. The maximum absolute atomic E-state index is 11.2. The van der Waals surface area contributed by atoms with Gasteiger partial charge in [0.05, 0.1) is 11.1 Å². The molecule has 1 aromatic carbocycles. The number of para-hydroxylation sites is 1. The minimum Gasteiger partial charge on any atom is -0.478 e. The maximum atomic E-state index is 11.2. The highest BCUT2D eigenvalue weighted by molar-refractivity contribution is 6.02. The number of aryl methyl sites for hydroxylation is 1. The Bertz CT molecular complexity index is 579. The van der Waals surface area contributed by atoms with E-state index in [2.05, 4.69) is 10.6 Å². The molecular formula is C13H13NO2. The molecule has 1 fully saturated rings. The summed E-state index contributed by atoms with van der Waals surface area (Å²) in [6, 6.07) is 8.05. The number of hydrogen-bond acceptors (Lipinski definition) is 1. The van der Waals surface area contributed by atoms with Crippen LogP contribution < -0.4 is 0 Å². The first-order valence-corrected chi connectivity index (χ1v) is 5.52. The minimum atomic E-state index is -0.842. The van der Waals surface area contributed by atoms with E-state index in [-0.39, 0.29) is 0 Å². The first-order valence-electron chi connectivity index (χ1n) is 5.52. The molecule has 1 aliphatic rings. The average molecular weight is 215 g/mol. The van der Waals surface area contributed by atoms with Crippen LogP contribution >= 0.6 is 0 Å². The number of carboxylic acid groups (broad SMARTS) is 1. The zero-order valence-electron chi connectivity index (χ0n) is 9.10. The molecule has 0 bridgehead atoms. The van der Waals surface area contributed by atoms with Crippen LogP contribution in [0.2, 0.25) is 0 Å². The Balaban J connectivity index is 2.38. The lowest BCUT2D eigenvalue weighted by molar-refractivity contribution is 0.0698. The quantitative estimate of drug-likeness (QED) is 0.836. The molecule has 1 N–H and O–H groups in total. The molecule has 0 atom stereocenters. The van der Waals surface area contributed by atoms with E-state index in [0.717, 1.165) is 16.6 Å². The first-order chi connectivity index (χ1) is 7.68. The van der Waals surface area contributed by atoms with Gasteiger partial charge < -0.3 is 9.67 Å². The van der Waals surface area contributed by atoms with Crippen LogP contribution in [0.3, 0.4) is 0 Å². The number of rotatable bonds is 2. The monoisotopic (exact) mass is 215 g/mol. The fourth-order valence-corrected chi connectivity index (χ4v) is 2.39. The molecule has 1 aromatic heterocycles. The van der Waals surface area contributed by atoms with Gasteiger partial charge in [0.2, 0.25) is 0 Å². The summed E-state index contributed by atoms with van der Waals surface area (Å²) in [5, 5.41) is 10.2. The fraction of sp³-hybridized carbons (Fsp3) is 0.308. The molecule has 0 saturated heterocycles. The molecule has 0 aliphatic heterocycles. The number of carbonyl (C=O) groups is 1. The Morgan fingerprint density at radius 1 is 1.44 bits per heavy atom. The number of aromatic carboxylic acids is 1. The van der Waals surface area contributed by atoms with Crippen LogP contribution in [0.4, 0.5) is 0 Å². The Kier molecular flexibility index (Phi) is 1.84. The van der Waals surface area contributed by atoms with Crippen molar-refractivity contribution in [2.75, 3.05) is 0 Å². The summed E-state index contributed by atoms with van der Waals surface area (Å²) in [4.78, 5) is 11.2. The van der Waals surface area contributed by atoms with Crippen LogP contribution in [0.5, 0.6) is 0 Å². The third-order valence-electron chi connectivity index (χ3n) is 3.19. The van der Waals surface area contributed by atoms with Gasteiger partial charge in [-0.2, -0.15) is 0 Å². The molecule has 82 valence electrons. The van der Waals surface area contributed by atoms with E-state index in [1.165, 1.54) is 12.8 Å². The number of nitrogens with zero attached hydrogens (tertiary/aromatic N) is 1. The highest BCUT2D eigenvalue weighted by atomic mass is 16.4. The Hall–Kier alpha value is -1.77. The second-order valence-electron chi connectivity index (χ2n) is 4.44. The lowest BCUT2D eigenvalue weighted by Crippen LogP contribution is -2.03. The third-order valence-corrected chi connectivity index (χ3v) is 3.19. The van der Waals surface area contributed by atoms with E-state index in [1.54, 1.807) is 6.07 Å². The van der Waals surface area contributed by atoms with Crippen molar-refractivity contribution in [3.05, 3.63) is 35.5 Å². The predicted octanol–water partition coefficient (Wildman–Crippen LogP) is 2.98. The molecule has 3 heteroatoms. The van der Waals surface area contributed by atoms with Gasteiger partial charge in [-0.15, -0.1) is 0 Å². The fourth-order valence-electron chi connectivity index (χ4n) is 2.39. The second-order valence-corrected chi connectivity index (χ2v) is 4.44. The SMILES string of the molecule is Cc1cc2cccc(C(=O)O)c2n1C1CC1. The molecule has 3 rings (SSSR count). The Morgan fingerprint density at radius 2 is 2.19 bits per heavy atom. The van der Waals surface area contributed by atoms with Gasteiger partial charge in [-0.05, 0) is 31.9 Å². The van der Waals surface area contributed by atoms with Crippen molar-refractivity contribution in [3.63, 3.8) is 0 Å². The molecule has 1 heterocycles. The molecule has 2 aromatic rings. The average Bonchev–Trinajstić information content (AvgIpc) is 3.00. The van der Waals surface area contributed by atoms with Gasteiger partial charge in [0.15, 0.2) is 0 Å². The second kappa shape index (κ2) is 3.11. The van der Waals surface area contributed by atoms with Gasteiger partial charge in [0.25, 0.3) is 0 Å². The molecule has 0 spiro atoms. The van der Waals surface area contributed by atoms with Gasteiger partial charge in [-0.3, -0.25) is 0 Å². The van der Waals surface area contributed by atoms with E-state index in [9.17, 15) is 9.90 Å². The molecule has 0 unspecified atom stereocenters. The highest BCUT2D eigenvalue weighted by Gasteiger charge is 2.27. The van der Waals surface area contributed by atoms with E-state index in [0.29, 0.717) is 11.6 Å². The highest BCUT2D eigenvalue weighted by Crippen LogP contribution is 2.40. The lowest BCUT2D eigenvalue weighted by Gasteiger charge is -2.07. The van der Waals surface area contributed by atoms with E-state index in [4.69, 9.17) is 0 Å². The molecular weight excluding hydrogens is 202 g/mol. The van der Waals surface area contributed by atoms with Crippen molar-refractivity contribution >= 4 is 16.9 Å². The Morgan fingerprint density at radius 3 is 2.81 bits per heavy atom. The topological polar surface area (TPSA) is 42.2 Å². The molecule has 3 nitrogen and oxygen atoms in total. The van der Waals surface area contributed by atoms with Crippen molar-refractivity contribution < 1.29 is 9.90 Å². The Labute approximate surface area is 93.3 Å². The summed E-state index contributed by atoms with van der Waals surface area (Å²) in [5.41, 5.74) is 2.46. The number of hydrogen-bond donors (Lipinski definition) is 1. The normalized spacial score (nSPS) is 15.6. The van der Waals surface area contributed by atoms with Gasteiger partial charge in [0, 0.05) is 17.1 Å². The van der Waals surface area contributed by atoms with Crippen molar-refractivity contribution in [2.45, 2.75) is 25.8 Å². The summed E-state index contributed by atoms with van der Waals surface area (Å²) in [6.07, 6.45) is 2.33. The van der Waals surface area contributed by atoms with Crippen LogP contribution in [0.25, 0.3) is 10.9 Å². The standard InChI is InChI=1S/C13H13NO2/c1-8-7-9-3-2-4-11(13(15)16)12(9)14(8)10-5-6-10/h2-4,7,10H,5-6H2,1H3,(H,15,16).